The topological polar surface area (TPSA) is 37.3 Å². The summed E-state index contributed by atoms with van der Waals surface area (Å²) in [5, 5.41) is 9.48. The third-order valence-electron chi connectivity index (χ3n) is 2.40. The van der Waals surface area contributed by atoms with Crippen molar-refractivity contribution in [1.82, 2.24) is 0 Å². The minimum absolute atomic E-state index is 0.102. The summed E-state index contributed by atoms with van der Waals surface area (Å²) in [6.07, 6.45) is 2.07. The van der Waals surface area contributed by atoms with Crippen LogP contribution in [0, 0.1) is 0 Å². The van der Waals surface area contributed by atoms with Crippen LogP contribution in [0.15, 0.2) is 24.3 Å². The fraction of sp³-hybridized carbons (Fsp3) is 0.417. The summed E-state index contributed by atoms with van der Waals surface area (Å²) in [4.78, 5) is 10.7. The first kappa shape index (κ1) is 12.1. The largest absolute Gasteiger partial charge is 0.481 e. The smallest absolute Gasteiger partial charge is 0.303 e. The maximum atomic E-state index is 10.7. The van der Waals surface area contributed by atoms with E-state index in [1.165, 1.54) is 0 Å². The third-order valence-corrected chi connectivity index (χ3v) is 2.65. The number of rotatable bonds is 5. The highest BCUT2D eigenvalue weighted by Gasteiger charge is 2.14. The number of halogens is 1. The van der Waals surface area contributed by atoms with Gasteiger partial charge in [-0.15, -0.1) is 0 Å². The van der Waals surface area contributed by atoms with Crippen LogP contribution in [0.2, 0.25) is 5.02 Å². The Morgan fingerprint density at radius 2 is 2.00 bits per heavy atom. The lowest BCUT2D eigenvalue weighted by atomic mass is 9.91. The minimum Gasteiger partial charge on any atom is -0.481 e. The second kappa shape index (κ2) is 5.76. The average Bonchev–Trinajstić information content (AvgIpc) is 2.17. The number of carboxylic acids is 1. The Bertz CT molecular complexity index is 319. The predicted molar refractivity (Wildman–Crippen MR) is 61.4 cm³/mol. The van der Waals surface area contributed by atoms with Gasteiger partial charge in [0, 0.05) is 5.02 Å². The molecule has 1 unspecified atom stereocenters. The molecule has 0 amide bonds. The van der Waals surface area contributed by atoms with Crippen molar-refractivity contribution in [3.05, 3.63) is 34.9 Å². The van der Waals surface area contributed by atoms with E-state index < -0.39 is 5.97 Å². The van der Waals surface area contributed by atoms with Crippen LogP contribution in [0.4, 0.5) is 0 Å². The molecule has 0 radical (unpaired) electrons. The van der Waals surface area contributed by atoms with Crippen LogP contribution < -0.4 is 0 Å². The Morgan fingerprint density at radius 3 is 2.47 bits per heavy atom. The lowest BCUT2D eigenvalue weighted by Gasteiger charge is -2.14. The van der Waals surface area contributed by atoms with Crippen LogP contribution in [0.25, 0.3) is 0 Å². The molecule has 0 bridgehead atoms. The predicted octanol–water partition coefficient (Wildman–Crippen LogP) is 3.70. The Balaban J connectivity index is 2.78. The molecule has 0 saturated carbocycles. The van der Waals surface area contributed by atoms with Gasteiger partial charge in [0.05, 0.1) is 6.42 Å². The molecule has 0 fully saturated rings. The maximum Gasteiger partial charge on any atom is 0.303 e. The highest BCUT2D eigenvalue weighted by atomic mass is 35.5. The lowest BCUT2D eigenvalue weighted by Crippen LogP contribution is -2.06. The van der Waals surface area contributed by atoms with Crippen molar-refractivity contribution in [2.75, 3.05) is 0 Å². The van der Waals surface area contributed by atoms with Crippen LogP contribution in [0.5, 0.6) is 0 Å². The van der Waals surface area contributed by atoms with Crippen LogP contribution in [0.3, 0.4) is 0 Å². The molecule has 3 heteroatoms. The van der Waals surface area contributed by atoms with Crippen LogP contribution >= 0.6 is 11.6 Å². The summed E-state index contributed by atoms with van der Waals surface area (Å²) >= 11 is 5.78. The van der Waals surface area contributed by atoms with Gasteiger partial charge < -0.3 is 5.11 Å². The van der Waals surface area contributed by atoms with E-state index in [0.29, 0.717) is 5.02 Å². The first-order valence-corrected chi connectivity index (χ1v) is 5.48. The van der Waals surface area contributed by atoms with Gasteiger partial charge in [0.2, 0.25) is 0 Å². The molecule has 1 aromatic rings. The van der Waals surface area contributed by atoms with E-state index in [4.69, 9.17) is 16.7 Å². The number of aliphatic carboxylic acids is 1. The molecule has 2 nitrogen and oxygen atoms in total. The van der Waals surface area contributed by atoms with Crippen molar-refractivity contribution in [3.63, 3.8) is 0 Å². The summed E-state index contributed by atoms with van der Waals surface area (Å²) in [5.74, 6) is -0.645. The molecule has 1 aromatic carbocycles. The first-order valence-electron chi connectivity index (χ1n) is 5.10. The third kappa shape index (κ3) is 3.92. The highest BCUT2D eigenvalue weighted by Crippen LogP contribution is 2.26. The number of carboxylic acid groups (broad SMARTS) is 1. The van der Waals surface area contributed by atoms with Crippen molar-refractivity contribution in [3.8, 4) is 0 Å². The normalized spacial score (nSPS) is 12.4. The van der Waals surface area contributed by atoms with E-state index in [0.717, 1.165) is 18.4 Å². The molecule has 1 rings (SSSR count). The van der Waals surface area contributed by atoms with Crippen molar-refractivity contribution >= 4 is 17.6 Å². The first-order chi connectivity index (χ1) is 7.13. The second-order valence-corrected chi connectivity index (χ2v) is 4.07. The zero-order valence-electron chi connectivity index (χ0n) is 8.74. The Labute approximate surface area is 94.9 Å². The standard InChI is InChI=1S/C12H15ClO2/c1-2-3-10(8-12(14)15)9-4-6-11(13)7-5-9/h4-7,10H,2-3,8H2,1H3,(H,14,15). The maximum absolute atomic E-state index is 10.7. The Morgan fingerprint density at radius 1 is 1.40 bits per heavy atom. The van der Waals surface area contributed by atoms with Gasteiger partial charge in [-0.3, -0.25) is 4.79 Å². The van der Waals surface area contributed by atoms with Crippen molar-refractivity contribution in [2.45, 2.75) is 32.1 Å². The molecule has 0 aliphatic carbocycles. The second-order valence-electron chi connectivity index (χ2n) is 3.64. The van der Waals surface area contributed by atoms with Gasteiger partial charge >= 0.3 is 5.97 Å². The highest BCUT2D eigenvalue weighted by molar-refractivity contribution is 6.30. The minimum atomic E-state index is -0.747. The molecule has 1 N–H and O–H groups in total. The van der Waals surface area contributed by atoms with Gasteiger partial charge in [0.1, 0.15) is 0 Å². The number of hydrogen-bond acceptors (Lipinski definition) is 1. The van der Waals surface area contributed by atoms with Crippen molar-refractivity contribution < 1.29 is 9.90 Å². The molecule has 82 valence electrons. The molecule has 1 atom stereocenters. The molecule has 0 aromatic heterocycles. The zero-order chi connectivity index (χ0) is 11.3. The molecule has 0 spiro atoms. The fourth-order valence-corrected chi connectivity index (χ4v) is 1.81. The fourth-order valence-electron chi connectivity index (χ4n) is 1.68. The van der Waals surface area contributed by atoms with Crippen LogP contribution in [-0.4, -0.2) is 11.1 Å². The van der Waals surface area contributed by atoms with Gasteiger partial charge in [0.15, 0.2) is 0 Å². The summed E-state index contributed by atoms with van der Waals surface area (Å²) < 4.78 is 0. The van der Waals surface area contributed by atoms with Gasteiger partial charge in [-0.1, -0.05) is 37.1 Å². The van der Waals surface area contributed by atoms with E-state index in [2.05, 4.69) is 6.92 Å². The van der Waals surface area contributed by atoms with E-state index >= 15 is 0 Å². The van der Waals surface area contributed by atoms with Gasteiger partial charge in [-0.2, -0.15) is 0 Å². The molecule has 0 aliphatic rings. The SMILES string of the molecule is CCCC(CC(=O)O)c1ccc(Cl)cc1. The molecule has 15 heavy (non-hydrogen) atoms. The summed E-state index contributed by atoms with van der Waals surface area (Å²) in [6.45, 7) is 2.06. The quantitative estimate of drug-likeness (QED) is 0.831. The van der Waals surface area contributed by atoms with Crippen LogP contribution in [0.1, 0.15) is 37.7 Å². The van der Waals surface area contributed by atoms with E-state index in [1.54, 1.807) is 12.1 Å². The van der Waals surface area contributed by atoms with Gasteiger partial charge in [-0.05, 0) is 30.0 Å². The molecule has 0 aliphatic heterocycles. The molecular formula is C12H15ClO2. The molecule has 0 heterocycles. The Hall–Kier alpha value is -1.02. The average molecular weight is 227 g/mol. The summed E-state index contributed by atoms with van der Waals surface area (Å²) in [6, 6.07) is 7.43. The summed E-state index contributed by atoms with van der Waals surface area (Å²) in [5.41, 5.74) is 1.06. The van der Waals surface area contributed by atoms with E-state index in [9.17, 15) is 4.79 Å². The lowest BCUT2D eigenvalue weighted by molar-refractivity contribution is -0.137. The van der Waals surface area contributed by atoms with Crippen molar-refractivity contribution in [2.24, 2.45) is 0 Å². The van der Waals surface area contributed by atoms with Gasteiger partial charge in [-0.25, -0.2) is 0 Å². The number of hydrogen-bond donors (Lipinski definition) is 1. The van der Waals surface area contributed by atoms with Gasteiger partial charge in [0.25, 0.3) is 0 Å². The Kier molecular flexibility index (Phi) is 4.63. The summed E-state index contributed by atoms with van der Waals surface area (Å²) in [7, 11) is 0. The molecular weight excluding hydrogens is 212 g/mol. The molecule has 0 saturated heterocycles. The number of benzene rings is 1. The van der Waals surface area contributed by atoms with E-state index in [-0.39, 0.29) is 12.3 Å². The number of carbonyl (C=O) groups is 1. The zero-order valence-corrected chi connectivity index (χ0v) is 9.50. The van der Waals surface area contributed by atoms with Crippen LogP contribution in [-0.2, 0) is 4.79 Å². The monoisotopic (exact) mass is 226 g/mol. The van der Waals surface area contributed by atoms with Crippen molar-refractivity contribution in [1.29, 1.82) is 0 Å². The van der Waals surface area contributed by atoms with E-state index in [1.807, 2.05) is 12.1 Å².